The van der Waals surface area contributed by atoms with Gasteiger partial charge in [-0.1, -0.05) is 6.92 Å². The Bertz CT molecular complexity index is 383. The van der Waals surface area contributed by atoms with Gasteiger partial charge < -0.3 is 10.2 Å². The zero-order chi connectivity index (χ0) is 13.0. The van der Waals surface area contributed by atoms with Crippen molar-refractivity contribution >= 4 is 5.82 Å². The summed E-state index contributed by atoms with van der Waals surface area (Å²) in [5, 5.41) is 3.48. The minimum atomic E-state index is 0.779. The number of hydrogen-bond donors (Lipinski definition) is 1. The molecule has 2 heterocycles. The number of aromatic nitrogens is 2. The van der Waals surface area contributed by atoms with E-state index in [1.807, 2.05) is 6.92 Å². The first-order valence-corrected chi connectivity index (χ1v) is 6.94. The maximum Gasteiger partial charge on any atom is 0.129 e. The van der Waals surface area contributed by atoms with Gasteiger partial charge in [0.25, 0.3) is 0 Å². The summed E-state index contributed by atoms with van der Waals surface area (Å²) in [6, 6.07) is 2.07. The molecule has 1 aromatic rings. The average Bonchev–Trinajstić information content (AvgIpc) is 2.37. The van der Waals surface area contributed by atoms with E-state index in [9.17, 15) is 0 Å². The fourth-order valence-electron chi connectivity index (χ4n) is 2.42. The molecule has 0 aromatic carbocycles. The highest BCUT2D eigenvalue weighted by atomic mass is 15.1. The monoisotopic (exact) mass is 248 g/mol. The van der Waals surface area contributed by atoms with Crippen LogP contribution in [-0.4, -0.2) is 41.5 Å². The van der Waals surface area contributed by atoms with E-state index in [4.69, 9.17) is 0 Å². The zero-order valence-corrected chi connectivity index (χ0v) is 11.7. The zero-order valence-electron chi connectivity index (χ0n) is 11.7. The van der Waals surface area contributed by atoms with Crippen LogP contribution in [0.2, 0.25) is 0 Å². The highest BCUT2D eigenvalue weighted by Crippen LogP contribution is 2.17. The summed E-state index contributed by atoms with van der Waals surface area (Å²) in [5.41, 5.74) is 1.12. The van der Waals surface area contributed by atoms with Gasteiger partial charge in [0.05, 0.1) is 0 Å². The van der Waals surface area contributed by atoms with E-state index in [2.05, 4.69) is 40.2 Å². The lowest BCUT2D eigenvalue weighted by atomic mass is 9.97. The Hall–Kier alpha value is -1.16. The van der Waals surface area contributed by atoms with Crippen LogP contribution in [0.15, 0.2) is 6.07 Å². The fraction of sp³-hybridized carbons (Fsp3) is 0.714. The van der Waals surface area contributed by atoms with Gasteiger partial charge in [-0.3, -0.25) is 0 Å². The van der Waals surface area contributed by atoms with E-state index in [1.165, 1.54) is 25.9 Å². The first-order chi connectivity index (χ1) is 8.67. The smallest absolute Gasteiger partial charge is 0.129 e. The van der Waals surface area contributed by atoms with Crippen LogP contribution in [0.25, 0.3) is 0 Å². The van der Waals surface area contributed by atoms with Crippen LogP contribution in [0.3, 0.4) is 0 Å². The van der Waals surface area contributed by atoms with Crippen LogP contribution in [-0.2, 0) is 6.42 Å². The van der Waals surface area contributed by atoms with Crippen LogP contribution in [0, 0.1) is 12.8 Å². The van der Waals surface area contributed by atoms with Gasteiger partial charge in [-0.2, -0.15) is 0 Å². The second-order valence-corrected chi connectivity index (χ2v) is 5.27. The molecule has 0 saturated carbocycles. The number of anilines is 1. The Morgan fingerprint density at radius 2 is 2.06 bits per heavy atom. The van der Waals surface area contributed by atoms with Crippen LogP contribution in [0.1, 0.15) is 31.3 Å². The minimum absolute atomic E-state index is 0.779. The molecular weight excluding hydrogens is 224 g/mol. The molecule has 2 rings (SSSR count). The van der Waals surface area contributed by atoms with Crippen molar-refractivity contribution in [2.24, 2.45) is 5.92 Å². The normalized spacial score (nSPS) is 17.9. The van der Waals surface area contributed by atoms with Gasteiger partial charge >= 0.3 is 0 Å². The molecule has 0 unspecified atom stereocenters. The average molecular weight is 248 g/mol. The second-order valence-electron chi connectivity index (χ2n) is 5.27. The number of piperidine rings is 1. The lowest BCUT2D eigenvalue weighted by Crippen LogP contribution is -2.33. The molecule has 0 bridgehead atoms. The Morgan fingerprint density at radius 3 is 2.72 bits per heavy atom. The summed E-state index contributed by atoms with van der Waals surface area (Å²) in [6.07, 6.45) is 3.54. The van der Waals surface area contributed by atoms with E-state index in [0.717, 1.165) is 36.2 Å². The van der Waals surface area contributed by atoms with Gasteiger partial charge in [-0.05, 0) is 52.2 Å². The maximum atomic E-state index is 4.45. The molecule has 0 radical (unpaired) electrons. The van der Waals surface area contributed by atoms with Gasteiger partial charge in [0.15, 0.2) is 0 Å². The molecule has 1 aliphatic heterocycles. The molecule has 0 aliphatic carbocycles. The van der Waals surface area contributed by atoms with E-state index in [1.54, 1.807) is 0 Å². The van der Waals surface area contributed by atoms with Crippen molar-refractivity contribution in [3.63, 3.8) is 0 Å². The number of aryl methyl sites for hydroxylation is 2. The molecule has 4 heteroatoms. The van der Waals surface area contributed by atoms with Crippen LogP contribution >= 0.6 is 0 Å². The van der Waals surface area contributed by atoms with E-state index >= 15 is 0 Å². The van der Waals surface area contributed by atoms with E-state index in [0.29, 0.717) is 0 Å². The van der Waals surface area contributed by atoms with Gasteiger partial charge in [-0.15, -0.1) is 0 Å². The summed E-state index contributed by atoms with van der Waals surface area (Å²) in [7, 11) is 2.20. The van der Waals surface area contributed by atoms with Crippen molar-refractivity contribution in [1.82, 2.24) is 14.9 Å². The predicted molar refractivity (Wildman–Crippen MR) is 74.9 cm³/mol. The molecule has 1 saturated heterocycles. The SMILES string of the molecule is CCc1cc(NCC2CCN(C)CC2)nc(C)n1. The Balaban J connectivity index is 1.88. The molecule has 1 aliphatic rings. The third kappa shape index (κ3) is 3.67. The molecule has 1 N–H and O–H groups in total. The third-order valence-corrected chi connectivity index (χ3v) is 3.66. The molecular formula is C14H24N4. The van der Waals surface area contributed by atoms with Crippen molar-refractivity contribution in [3.8, 4) is 0 Å². The second kappa shape index (κ2) is 6.14. The fourth-order valence-corrected chi connectivity index (χ4v) is 2.42. The number of nitrogens with one attached hydrogen (secondary N) is 1. The highest BCUT2D eigenvalue weighted by molar-refractivity contribution is 5.36. The van der Waals surface area contributed by atoms with Crippen LogP contribution in [0.5, 0.6) is 0 Å². The summed E-state index contributed by atoms with van der Waals surface area (Å²) < 4.78 is 0. The van der Waals surface area contributed by atoms with Gasteiger partial charge in [0.1, 0.15) is 11.6 Å². The summed E-state index contributed by atoms with van der Waals surface area (Å²) in [5.74, 6) is 2.63. The summed E-state index contributed by atoms with van der Waals surface area (Å²) in [4.78, 5) is 11.3. The van der Waals surface area contributed by atoms with E-state index in [-0.39, 0.29) is 0 Å². The van der Waals surface area contributed by atoms with Crippen molar-refractivity contribution < 1.29 is 0 Å². The van der Waals surface area contributed by atoms with E-state index < -0.39 is 0 Å². The molecule has 1 aromatic heterocycles. The molecule has 100 valence electrons. The summed E-state index contributed by atoms with van der Waals surface area (Å²) >= 11 is 0. The number of likely N-dealkylation sites (tertiary alicyclic amines) is 1. The minimum Gasteiger partial charge on any atom is -0.370 e. The Labute approximate surface area is 110 Å². The predicted octanol–water partition coefficient (Wildman–Crippen LogP) is 2.10. The lowest BCUT2D eigenvalue weighted by Gasteiger charge is -2.29. The summed E-state index contributed by atoms with van der Waals surface area (Å²) in [6.45, 7) is 7.56. The van der Waals surface area contributed by atoms with Gasteiger partial charge in [-0.25, -0.2) is 9.97 Å². The topological polar surface area (TPSA) is 41.0 Å². The molecule has 18 heavy (non-hydrogen) atoms. The van der Waals surface area contributed by atoms with Gasteiger partial charge in [0.2, 0.25) is 0 Å². The maximum absolute atomic E-state index is 4.45. The number of nitrogens with zero attached hydrogens (tertiary/aromatic N) is 3. The third-order valence-electron chi connectivity index (χ3n) is 3.66. The van der Waals surface area contributed by atoms with Crippen molar-refractivity contribution in [1.29, 1.82) is 0 Å². The molecule has 1 fully saturated rings. The van der Waals surface area contributed by atoms with Crippen molar-refractivity contribution in [3.05, 3.63) is 17.6 Å². The molecule has 0 amide bonds. The first kappa shape index (κ1) is 13.3. The van der Waals surface area contributed by atoms with Crippen LogP contribution in [0.4, 0.5) is 5.82 Å². The molecule has 0 spiro atoms. The van der Waals surface area contributed by atoms with Crippen LogP contribution < -0.4 is 5.32 Å². The quantitative estimate of drug-likeness (QED) is 0.886. The van der Waals surface area contributed by atoms with Crippen molar-refractivity contribution in [2.45, 2.75) is 33.1 Å². The van der Waals surface area contributed by atoms with Gasteiger partial charge in [0, 0.05) is 18.3 Å². The Morgan fingerprint density at radius 1 is 1.33 bits per heavy atom. The molecule has 4 nitrogen and oxygen atoms in total. The highest BCUT2D eigenvalue weighted by Gasteiger charge is 2.16. The Kier molecular flexibility index (Phi) is 4.53. The largest absolute Gasteiger partial charge is 0.370 e. The first-order valence-electron chi connectivity index (χ1n) is 6.94. The van der Waals surface area contributed by atoms with Crippen molar-refractivity contribution in [2.75, 3.05) is 32.0 Å². The number of rotatable bonds is 4. The standard InChI is InChI=1S/C14H24N4/c1-4-13-9-14(17-11(2)16-13)15-10-12-5-7-18(3)8-6-12/h9,12H,4-8,10H2,1-3H3,(H,15,16,17). The molecule has 0 atom stereocenters. The lowest BCUT2D eigenvalue weighted by molar-refractivity contribution is 0.226. The number of hydrogen-bond acceptors (Lipinski definition) is 4.